The van der Waals surface area contributed by atoms with Gasteiger partial charge in [-0.1, -0.05) is 30.3 Å². The van der Waals surface area contributed by atoms with Crippen LogP contribution in [0.4, 0.5) is 0 Å². The molecule has 4 nitrogen and oxygen atoms in total. The van der Waals surface area contributed by atoms with Gasteiger partial charge in [-0.15, -0.1) is 0 Å². The summed E-state index contributed by atoms with van der Waals surface area (Å²) in [4.78, 5) is 20.0. The van der Waals surface area contributed by atoms with Crippen LogP contribution in [0.3, 0.4) is 0 Å². The second-order valence-electron chi connectivity index (χ2n) is 5.34. The average molecular weight is 287 g/mol. The fourth-order valence-electron chi connectivity index (χ4n) is 3.16. The monoisotopic (exact) mass is 287 g/mol. The fourth-order valence-corrected chi connectivity index (χ4v) is 3.16. The second-order valence-corrected chi connectivity index (χ2v) is 5.34. The van der Waals surface area contributed by atoms with E-state index in [2.05, 4.69) is 22.1 Å². The zero-order valence-electron chi connectivity index (χ0n) is 11.8. The third-order valence-corrected chi connectivity index (χ3v) is 4.10. The zero-order valence-corrected chi connectivity index (χ0v) is 11.8. The molecule has 4 heteroatoms. The Morgan fingerprint density at radius 1 is 1.00 bits per heavy atom. The summed E-state index contributed by atoms with van der Waals surface area (Å²) in [6.07, 6.45) is 5.81. The average Bonchev–Trinajstić information content (AvgIpc) is 2.94. The molecule has 0 aliphatic heterocycles. The van der Waals surface area contributed by atoms with Gasteiger partial charge in [0.2, 0.25) is 5.91 Å². The van der Waals surface area contributed by atoms with E-state index >= 15 is 0 Å². The Hall–Kier alpha value is -3.01. The lowest BCUT2D eigenvalue weighted by Crippen LogP contribution is -2.13. The molecule has 0 unspecified atom stereocenters. The Morgan fingerprint density at radius 2 is 1.77 bits per heavy atom. The molecule has 1 amide bonds. The van der Waals surface area contributed by atoms with Gasteiger partial charge in [-0.25, -0.2) is 9.97 Å². The highest BCUT2D eigenvalue weighted by molar-refractivity contribution is 6.01. The van der Waals surface area contributed by atoms with E-state index in [0.29, 0.717) is 5.56 Å². The summed E-state index contributed by atoms with van der Waals surface area (Å²) in [6, 6.07) is 11.9. The Bertz CT molecular complexity index is 888. The maximum Gasteiger partial charge on any atom is 0.249 e. The van der Waals surface area contributed by atoms with E-state index in [-0.39, 0.29) is 5.91 Å². The summed E-state index contributed by atoms with van der Waals surface area (Å²) in [6.45, 7) is 0. The van der Waals surface area contributed by atoms with Crippen LogP contribution in [0.15, 0.2) is 55.1 Å². The van der Waals surface area contributed by atoms with Crippen molar-refractivity contribution in [1.29, 1.82) is 0 Å². The van der Waals surface area contributed by atoms with Gasteiger partial charge in [0, 0.05) is 23.5 Å². The number of carbonyl (C=O) groups is 1. The topological polar surface area (TPSA) is 68.9 Å². The first-order valence-corrected chi connectivity index (χ1v) is 7.05. The minimum atomic E-state index is -0.389. The second kappa shape index (κ2) is 4.77. The molecule has 0 saturated heterocycles. The molecule has 1 aliphatic rings. The quantitative estimate of drug-likeness (QED) is 0.616. The van der Waals surface area contributed by atoms with Crippen molar-refractivity contribution in [2.45, 2.75) is 6.42 Å². The predicted octanol–water partition coefficient (Wildman–Crippen LogP) is 2.81. The van der Waals surface area contributed by atoms with E-state index in [9.17, 15) is 4.79 Å². The number of hydrogen-bond donors (Lipinski definition) is 1. The van der Waals surface area contributed by atoms with Gasteiger partial charge in [-0.05, 0) is 40.3 Å². The molecule has 2 aromatic carbocycles. The number of aromatic nitrogens is 2. The first-order valence-electron chi connectivity index (χ1n) is 7.05. The number of fused-ring (bicyclic) bond motifs is 3. The molecule has 0 saturated carbocycles. The van der Waals surface area contributed by atoms with Crippen molar-refractivity contribution in [1.82, 2.24) is 9.97 Å². The number of amides is 1. The lowest BCUT2D eigenvalue weighted by Gasteiger charge is -2.12. The van der Waals surface area contributed by atoms with Crippen molar-refractivity contribution >= 4 is 5.91 Å². The highest BCUT2D eigenvalue weighted by Gasteiger charge is 2.26. The first-order chi connectivity index (χ1) is 10.8. The van der Waals surface area contributed by atoms with Gasteiger partial charge in [0.25, 0.3) is 0 Å². The summed E-state index contributed by atoms with van der Waals surface area (Å²) >= 11 is 0. The number of carbonyl (C=O) groups excluding carboxylic acids is 1. The van der Waals surface area contributed by atoms with E-state index in [0.717, 1.165) is 34.2 Å². The van der Waals surface area contributed by atoms with Crippen LogP contribution in [0, 0.1) is 0 Å². The van der Waals surface area contributed by atoms with Crippen LogP contribution >= 0.6 is 0 Å². The van der Waals surface area contributed by atoms with E-state index in [4.69, 9.17) is 5.73 Å². The van der Waals surface area contributed by atoms with Crippen molar-refractivity contribution in [2.75, 3.05) is 0 Å². The molecule has 1 heterocycles. The predicted molar refractivity (Wildman–Crippen MR) is 84.2 cm³/mol. The van der Waals surface area contributed by atoms with Crippen LogP contribution in [0.5, 0.6) is 0 Å². The van der Waals surface area contributed by atoms with Gasteiger partial charge in [-0.2, -0.15) is 0 Å². The molecule has 2 N–H and O–H groups in total. The van der Waals surface area contributed by atoms with E-state index < -0.39 is 0 Å². The third kappa shape index (κ3) is 1.81. The SMILES string of the molecule is NC(=O)c1ccc(-c2cncnc2)c2c1Cc1ccccc1-2. The number of primary amides is 1. The standard InChI is InChI=1S/C18H13N3O/c19-18(22)15-6-5-14(12-8-20-10-21-9-12)17-13-4-2-1-3-11(13)7-16(15)17/h1-6,8-10H,7H2,(H2,19,22). The smallest absolute Gasteiger partial charge is 0.249 e. The van der Waals surface area contributed by atoms with Crippen LogP contribution in [0.1, 0.15) is 21.5 Å². The molecule has 0 radical (unpaired) electrons. The summed E-state index contributed by atoms with van der Waals surface area (Å²) < 4.78 is 0. The van der Waals surface area contributed by atoms with Crippen molar-refractivity contribution in [3.8, 4) is 22.3 Å². The minimum Gasteiger partial charge on any atom is -0.366 e. The van der Waals surface area contributed by atoms with Gasteiger partial charge < -0.3 is 5.73 Å². The molecule has 0 spiro atoms. The normalized spacial score (nSPS) is 11.8. The van der Waals surface area contributed by atoms with Crippen molar-refractivity contribution in [2.24, 2.45) is 5.73 Å². The van der Waals surface area contributed by atoms with Crippen LogP contribution in [0.2, 0.25) is 0 Å². The molecule has 0 fully saturated rings. The van der Waals surface area contributed by atoms with Gasteiger partial charge in [0.05, 0.1) is 0 Å². The fraction of sp³-hybridized carbons (Fsp3) is 0.0556. The maximum absolute atomic E-state index is 11.8. The molecular weight excluding hydrogens is 274 g/mol. The molecule has 22 heavy (non-hydrogen) atoms. The molecule has 106 valence electrons. The third-order valence-electron chi connectivity index (χ3n) is 4.10. The number of benzene rings is 2. The number of nitrogens with two attached hydrogens (primary N) is 1. The van der Waals surface area contributed by atoms with Gasteiger partial charge in [0.15, 0.2) is 0 Å². The lowest BCUT2D eigenvalue weighted by molar-refractivity contribution is 0.0999. The molecule has 1 aromatic heterocycles. The molecule has 1 aliphatic carbocycles. The molecular formula is C18H13N3O. The largest absolute Gasteiger partial charge is 0.366 e. The Balaban J connectivity index is 2.05. The van der Waals surface area contributed by atoms with Crippen LogP contribution in [-0.2, 0) is 6.42 Å². The highest BCUT2D eigenvalue weighted by atomic mass is 16.1. The molecule has 4 rings (SSSR count). The first kappa shape index (κ1) is 12.7. The molecule has 0 atom stereocenters. The van der Waals surface area contributed by atoms with E-state index in [1.165, 1.54) is 11.9 Å². The summed E-state index contributed by atoms with van der Waals surface area (Å²) in [5, 5.41) is 0. The van der Waals surface area contributed by atoms with Crippen molar-refractivity contribution in [3.63, 3.8) is 0 Å². The van der Waals surface area contributed by atoms with Crippen LogP contribution in [0.25, 0.3) is 22.3 Å². The van der Waals surface area contributed by atoms with Crippen LogP contribution < -0.4 is 5.73 Å². The van der Waals surface area contributed by atoms with Gasteiger partial charge in [-0.3, -0.25) is 4.79 Å². The minimum absolute atomic E-state index is 0.389. The van der Waals surface area contributed by atoms with Crippen molar-refractivity contribution in [3.05, 3.63) is 71.8 Å². The van der Waals surface area contributed by atoms with Gasteiger partial charge >= 0.3 is 0 Å². The van der Waals surface area contributed by atoms with E-state index in [1.54, 1.807) is 18.5 Å². The number of nitrogens with zero attached hydrogens (tertiary/aromatic N) is 2. The Kier molecular flexibility index (Phi) is 2.76. The van der Waals surface area contributed by atoms with Crippen molar-refractivity contribution < 1.29 is 4.79 Å². The molecule has 0 bridgehead atoms. The van der Waals surface area contributed by atoms with E-state index in [1.807, 2.05) is 18.2 Å². The zero-order chi connectivity index (χ0) is 15.1. The molecule has 3 aromatic rings. The van der Waals surface area contributed by atoms with Gasteiger partial charge in [0.1, 0.15) is 6.33 Å². The summed E-state index contributed by atoms with van der Waals surface area (Å²) in [7, 11) is 0. The van der Waals surface area contributed by atoms with Crippen LogP contribution in [-0.4, -0.2) is 15.9 Å². The number of rotatable bonds is 2. The Morgan fingerprint density at radius 3 is 2.55 bits per heavy atom. The lowest BCUT2D eigenvalue weighted by atomic mass is 9.92. The highest BCUT2D eigenvalue weighted by Crippen LogP contribution is 2.44. The Labute approximate surface area is 127 Å². The number of hydrogen-bond acceptors (Lipinski definition) is 3. The maximum atomic E-state index is 11.8. The summed E-state index contributed by atoms with van der Waals surface area (Å²) in [5.74, 6) is -0.389. The summed E-state index contributed by atoms with van der Waals surface area (Å²) in [5.41, 5.74) is 12.5.